The van der Waals surface area contributed by atoms with Crippen LogP contribution in [-0.2, 0) is 0 Å². The molecule has 0 saturated carbocycles. The Morgan fingerprint density at radius 3 is 1.49 bits per heavy atom. The average molecular weight is 733 g/mol. The molecule has 3 heterocycles. The zero-order chi connectivity index (χ0) is 37.7. The van der Waals surface area contributed by atoms with Crippen molar-refractivity contribution in [1.82, 2.24) is 15.0 Å². The Morgan fingerprint density at radius 2 is 0.772 bits per heavy atom. The Hall–Kier alpha value is -7.83. The molecule has 0 aliphatic heterocycles. The quantitative estimate of drug-likeness (QED) is 0.162. The third kappa shape index (κ3) is 5.88. The van der Waals surface area contributed by atoms with Crippen LogP contribution in [0.15, 0.2) is 203 Å². The summed E-state index contributed by atoms with van der Waals surface area (Å²) in [5.41, 5.74) is 11.2. The third-order valence-electron chi connectivity index (χ3n) is 10.5. The van der Waals surface area contributed by atoms with Gasteiger partial charge in [0.1, 0.15) is 22.3 Å². The molecule has 0 bridgehead atoms. The summed E-state index contributed by atoms with van der Waals surface area (Å²) in [5.74, 6) is 1.71. The number of aromatic nitrogens is 3. The molecule has 0 N–H and O–H groups in total. The smallest absolute Gasteiger partial charge is 0.164 e. The molecule has 0 aliphatic carbocycles. The minimum atomic E-state index is 0.555. The van der Waals surface area contributed by atoms with E-state index in [2.05, 4.69) is 144 Å². The first-order chi connectivity index (χ1) is 28.2. The van der Waals surface area contributed by atoms with E-state index in [0.717, 1.165) is 88.8 Å². The Kier molecular flexibility index (Phi) is 7.71. The van der Waals surface area contributed by atoms with Crippen LogP contribution < -0.4 is 4.90 Å². The van der Waals surface area contributed by atoms with Gasteiger partial charge in [0.2, 0.25) is 0 Å². The number of hydrogen-bond donors (Lipinski definition) is 0. The number of para-hydroxylation sites is 3. The monoisotopic (exact) mass is 732 g/mol. The lowest BCUT2D eigenvalue weighted by atomic mass is 10.0. The molecule has 0 radical (unpaired) electrons. The number of benzene rings is 8. The largest absolute Gasteiger partial charge is 0.456 e. The van der Waals surface area contributed by atoms with E-state index in [1.807, 2.05) is 54.6 Å². The second kappa shape index (κ2) is 13.5. The van der Waals surface area contributed by atoms with Crippen LogP contribution in [0.3, 0.4) is 0 Å². The van der Waals surface area contributed by atoms with Crippen molar-refractivity contribution in [2.45, 2.75) is 0 Å². The van der Waals surface area contributed by atoms with Crippen molar-refractivity contribution in [2.75, 3.05) is 4.90 Å². The summed E-state index contributed by atoms with van der Waals surface area (Å²) < 4.78 is 12.8. The molecule has 0 unspecified atom stereocenters. The number of fused-ring (bicyclic) bond motifs is 6. The summed E-state index contributed by atoms with van der Waals surface area (Å²) in [5, 5.41) is 4.12. The van der Waals surface area contributed by atoms with Gasteiger partial charge in [0.05, 0.1) is 0 Å². The lowest BCUT2D eigenvalue weighted by molar-refractivity contribution is 0.668. The van der Waals surface area contributed by atoms with Crippen molar-refractivity contribution >= 4 is 60.9 Å². The summed E-state index contributed by atoms with van der Waals surface area (Å²) >= 11 is 0. The molecule has 0 fully saturated rings. The van der Waals surface area contributed by atoms with Crippen LogP contribution in [0.1, 0.15) is 0 Å². The van der Waals surface area contributed by atoms with E-state index in [9.17, 15) is 0 Å². The van der Waals surface area contributed by atoms with Crippen LogP contribution in [0, 0.1) is 0 Å². The van der Waals surface area contributed by atoms with Gasteiger partial charge in [0, 0.05) is 61.4 Å². The Labute approximate surface area is 328 Å². The number of furan rings is 2. The number of hydrogen-bond acceptors (Lipinski definition) is 6. The summed E-state index contributed by atoms with van der Waals surface area (Å²) in [4.78, 5) is 17.6. The molecule has 3 aromatic heterocycles. The maximum Gasteiger partial charge on any atom is 0.164 e. The van der Waals surface area contributed by atoms with Crippen LogP contribution in [0.4, 0.5) is 17.1 Å². The zero-order valence-corrected chi connectivity index (χ0v) is 30.6. The van der Waals surface area contributed by atoms with E-state index in [1.165, 1.54) is 0 Å². The number of nitrogens with zero attached hydrogens (tertiary/aromatic N) is 4. The van der Waals surface area contributed by atoms with E-state index >= 15 is 0 Å². The Balaban J connectivity index is 1.05. The topological polar surface area (TPSA) is 68.2 Å². The molecular weight excluding hydrogens is 701 g/mol. The maximum atomic E-state index is 6.64. The fourth-order valence-corrected chi connectivity index (χ4v) is 7.74. The van der Waals surface area contributed by atoms with E-state index < -0.39 is 0 Å². The van der Waals surface area contributed by atoms with Crippen molar-refractivity contribution in [3.63, 3.8) is 0 Å². The van der Waals surface area contributed by atoms with Gasteiger partial charge in [0.25, 0.3) is 0 Å². The molecule has 8 aromatic carbocycles. The highest BCUT2D eigenvalue weighted by Gasteiger charge is 2.18. The van der Waals surface area contributed by atoms with E-state index in [-0.39, 0.29) is 0 Å². The van der Waals surface area contributed by atoms with Crippen molar-refractivity contribution in [3.8, 4) is 45.3 Å². The lowest BCUT2D eigenvalue weighted by Gasteiger charge is -2.25. The molecule has 57 heavy (non-hydrogen) atoms. The first-order valence-electron chi connectivity index (χ1n) is 18.9. The highest BCUT2D eigenvalue weighted by atomic mass is 16.3. The second-order valence-corrected chi connectivity index (χ2v) is 14.1. The van der Waals surface area contributed by atoms with Crippen LogP contribution in [0.5, 0.6) is 0 Å². The fourth-order valence-electron chi connectivity index (χ4n) is 7.74. The molecule has 0 amide bonds. The van der Waals surface area contributed by atoms with Gasteiger partial charge in [-0.1, -0.05) is 109 Å². The molecule has 11 aromatic rings. The average Bonchev–Trinajstić information content (AvgIpc) is 3.84. The molecule has 6 nitrogen and oxygen atoms in total. The normalized spacial score (nSPS) is 11.5. The minimum absolute atomic E-state index is 0.555. The maximum absolute atomic E-state index is 6.64. The van der Waals surface area contributed by atoms with Gasteiger partial charge in [-0.2, -0.15) is 0 Å². The lowest BCUT2D eigenvalue weighted by Crippen LogP contribution is -2.09. The van der Waals surface area contributed by atoms with Crippen LogP contribution in [0.25, 0.3) is 89.2 Å². The summed E-state index contributed by atoms with van der Waals surface area (Å²) in [6.45, 7) is 0. The van der Waals surface area contributed by atoms with Gasteiger partial charge in [-0.05, 0) is 90.0 Å². The fraction of sp³-hybridized carbons (Fsp3) is 0. The third-order valence-corrected chi connectivity index (χ3v) is 10.5. The van der Waals surface area contributed by atoms with Gasteiger partial charge in [-0.3, -0.25) is 0 Å². The molecule has 11 rings (SSSR count). The summed E-state index contributed by atoms with van der Waals surface area (Å²) in [6, 6.07) is 66.3. The van der Waals surface area contributed by atoms with Crippen LogP contribution in [0.2, 0.25) is 0 Å². The van der Waals surface area contributed by atoms with Gasteiger partial charge in [0.15, 0.2) is 17.5 Å². The number of anilines is 3. The Morgan fingerprint density at radius 1 is 0.281 bits per heavy atom. The molecule has 268 valence electrons. The highest BCUT2D eigenvalue weighted by Crippen LogP contribution is 2.40. The van der Waals surface area contributed by atoms with Crippen molar-refractivity contribution < 1.29 is 8.83 Å². The zero-order valence-electron chi connectivity index (χ0n) is 30.6. The van der Waals surface area contributed by atoms with Gasteiger partial charge in [-0.15, -0.1) is 0 Å². The van der Waals surface area contributed by atoms with E-state index in [1.54, 1.807) is 0 Å². The number of rotatable bonds is 7. The van der Waals surface area contributed by atoms with Gasteiger partial charge in [-0.25, -0.2) is 15.0 Å². The molecule has 0 spiro atoms. The van der Waals surface area contributed by atoms with Gasteiger partial charge < -0.3 is 13.7 Å². The van der Waals surface area contributed by atoms with Crippen molar-refractivity contribution in [3.05, 3.63) is 194 Å². The first kappa shape index (κ1) is 32.6. The first-order valence-corrected chi connectivity index (χ1v) is 18.9. The predicted octanol–water partition coefficient (Wildman–Crippen LogP) is 13.8. The highest BCUT2D eigenvalue weighted by molar-refractivity contribution is 6.08. The standard InChI is InChI=1S/C51H32N4O2/c1-4-13-33(14-5-1)34-15-12-16-35(29-34)49-52-50(36-24-28-46-44(30-36)41-21-10-11-22-45(41)56-46)54-51(53-49)37-23-26-42-43-27-25-40(32-48(43)57-47(42)31-37)55(38-17-6-2-7-18-38)39-19-8-3-9-20-39/h1-32H. The molecule has 0 saturated heterocycles. The van der Waals surface area contributed by atoms with Crippen LogP contribution >= 0.6 is 0 Å². The van der Waals surface area contributed by atoms with Crippen molar-refractivity contribution in [1.29, 1.82) is 0 Å². The minimum Gasteiger partial charge on any atom is -0.456 e. The molecule has 6 heteroatoms. The summed E-state index contributed by atoms with van der Waals surface area (Å²) in [7, 11) is 0. The van der Waals surface area contributed by atoms with Crippen LogP contribution in [-0.4, -0.2) is 15.0 Å². The predicted molar refractivity (Wildman–Crippen MR) is 231 cm³/mol. The second-order valence-electron chi connectivity index (χ2n) is 14.1. The Bertz CT molecular complexity index is 3210. The van der Waals surface area contributed by atoms with Crippen molar-refractivity contribution in [2.24, 2.45) is 0 Å². The van der Waals surface area contributed by atoms with E-state index in [0.29, 0.717) is 17.5 Å². The van der Waals surface area contributed by atoms with Gasteiger partial charge >= 0.3 is 0 Å². The SMILES string of the molecule is c1ccc(-c2cccc(-c3nc(-c4ccc5c(c4)oc4cc(N(c6ccccc6)c6ccccc6)ccc45)nc(-c4ccc5oc6ccccc6c5c4)n3)c2)cc1. The molecule has 0 atom stereocenters. The summed E-state index contributed by atoms with van der Waals surface area (Å²) in [6.07, 6.45) is 0. The molecular formula is C51H32N4O2. The molecule has 0 aliphatic rings. The van der Waals surface area contributed by atoms with E-state index in [4.69, 9.17) is 23.8 Å².